The Hall–Kier alpha value is -2.67. The van der Waals surface area contributed by atoms with Crippen molar-refractivity contribution in [2.75, 3.05) is 11.9 Å². The predicted octanol–water partition coefficient (Wildman–Crippen LogP) is 4.55. The van der Waals surface area contributed by atoms with Gasteiger partial charge in [-0.15, -0.1) is 0 Å². The maximum absolute atomic E-state index is 12.8. The number of hydrogen-bond acceptors (Lipinski definition) is 4. The lowest BCUT2D eigenvalue weighted by molar-refractivity contribution is 0.0952. The Morgan fingerprint density at radius 2 is 1.86 bits per heavy atom. The van der Waals surface area contributed by atoms with Crippen LogP contribution in [0.25, 0.3) is 10.3 Å². The van der Waals surface area contributed by atoms with Crippen molar-refractivity contribution in [1.82, 2.24) is 14.9 Å². The van der Waals surface area contributed by atoms with Crippen LogP contribution in [0.4, 0.5) is 5.13 Å². The molecule has 0 atom stereocenters. The van der Waals surface area contributed by atoms with Crippen LogP contribution in [-0.2, 0) is 5.54 Å². The van der Waals surface area contributed by atoms with E-state index < -0.39 is 0 Å². The number of aryl methyl sites for hydroxylation is 1. The number of fused-ring (bicyclic) bond motifs is 1. The maximum Gasteiger partial charge on any atom is 0.257 e. The van der Waals surface area contributed by atoms with Gasteiger partial charge in [-0.25, -0.2) is 4.98 Å². The molecule has 1 saturated carbocycles. The van der Waals surface area contributed by atoms with Gasteiger partial charge in [0.15, 0.2) is 10.8 Å². The summed E-state index contributed by atoms with van der Waals surface area (Å²) in [6.45, 7) is 8.92. The third-order valence-corrected chi connectivity index (χ3v) is 6.08. The Bertz CT molecular complexity index is 1070. The molecule has 2 amide bonds. The van der Waals surface area contributed by atoms with Gasteiger partial charge in [-0.3, -0.25) is 14.9 Å². The van der Waals surface area contributed by atoms with Gasteiger partial charge in [-0.2, -0.15) is 0 Å². The van der Waals surface area contributed by atoms with Crippen LogP contribution in [0.15, 0.2) is 30.5 Å². The minimum atomic E-state index is -0.237. The van der Waals surface area contributed by atoms with E-state index >= 15 is 0 Å². The first-order chi connectivity index (χ1) is 13.7. The number of aromatic nitrogens is 2. The standard InChI is InChI=1S/C22H26N4O2S/c1-13-5-9-15(10-6-13)19(27)25-21-24-18-17(29-21)16(12-26(18)22(2,3)4)20(28)23-11-14-7-8-14/h5-6,9-10,12,14H,7-8,11H2,1-4H3,(H,23,28)(H,24,25,27). The molecule has 3 aromatic rings. The fourth-order valence-corrected chi connectivity index (χ4v) is 4.11. The zero-order valence-corrected chi connectivity index (χ0v) is 18.0. The molecule has 0 bridgehead atoms. The van der Waals surface area contributed by atoms with Gasteiger partial charge in [0.2, 0.25) is 0 Å². The van der Waals surface area contributed by atoms with Gasteiger partial charge >= 0.3 is 0 Å². The van der Waals surface area contributed by atoms with E-state index in [1.165, 1.54) is 24.2 Å². The molecule has 7 heteroatoms. The van der Waals surface area contributed by atoms with Crippen molar-refractivity contribution >= 4 is 38.6 Å². The first-order valence-electron chi connectivity index (χ1n) is 9.91. The first kappa shape index (κ1) is 19.6. The number of rotatable bonds is 5. The van der Waals surface area contributed by atoms with E-state index in [9.17, 15) is 9.59 Å². The number of hydrogen-bond donors (Lipinski definition) is 2. The third-order valence-electron chi connectivity index (χ3n) is 5.09. The summed E-state index contributed by atoms with van der Waals surface area (Å²) in [5.74, 6) is 0.332. The lowest BCUT2D eigenvalue weighted by Crippen LogP contribution is -2.26. The zero-order chi connectivity index (χ0) is 20.8. The van der Waals surface area contributed by atoms with Crippen LogP contribution in [-0.4, -0.2) is 27.9 Å². The van der Waals surface area contributed by atoms with Crippen LogP contribution in [0.3, 0.4) is 0 Å². The van der Waals surface area contributed by atoms with Gasteiger partial charge in [0.1, 0.15) is 0 Å². The van der Waals surface area contributed by atoms with E-state index in [1.807, 2.05) is 29.8 Å². The molecule has 2 aromatic heterocycles. The number of anilines is 1. The minimum absolute atomic E-state index is 0.0787. The van der Waals surface area contributed by atoms with Crippen LogP contribution in [0.2, 0.25) is 0 Å². The Labute approximate surface area is 174 Å². The summed E-state index contributed by atoms with van der Waals surface area (Å²) in [5.41, 5.74) is 2.78. The van der Waals surface area contributed by atoms with Gasteiger partial charge in [-0.1, -0.05) is 29.0 Å². The predicted molar refractivity (Wildman–Crippen MR) is 117 cm³/mol. The van der Waals surface area contributed by atoms with Gasteiger partial charge < -0.3 is 9.88 Å². The lowest BCUT2D eigenvalue weighted by atomic mass is 10.1. The number of benzene rings is 1. The van der Waals surface area contributed by atoms with Crippen molar-refractivity contribution in [2.24, 2.45) is 5.92 Å². The minimum Gasteiger partial charge on any atom is -0.352 e. The van der Waals surface area contributed by atoms with Gasteiger partial charge in [0.25, 0.3) is 11.8 Å². The Morgan fingerprint density at radius 3 is 2.48 bits per heavy atom. The monoisotopic (exact) mass is 410 g/mol. The van der Waals surface area contributed by atoms with Crippen molar-refractivity contribution in [2.45, 2.75) is 46.1 Å². The van der Waals surface area contributed by atoms with Crippen molar-refractivity contribution in [3.8, 4) is 0 Å². The largest absolute Gasteiger partial charge is 0.352 e. The summed E-state index contributed by atoms with van der Waals surface area (Å²) in [6, 6.07) is 7.40. The molecule has 29 heavy (non-hydrogen) atoms. The summed E-state index contributed by atoms with van der Waals surface area (Å²) in [5, 5.41) is 6.42. The third kappa shape index (κ3) is 4.19. The average molecular weight is 411 g/mol. The topological polar surface area (TPSA) is 76.0 Å². The SMILES string of the molecule is Cc1ccc(C(=O)Nc2nc3c(s2)c(C(=O)NCC2CC2)cn3C(C)(C)C)cc1. The normalized spacial score (nSPS) is 14.2. The number of amides is 2. The van der Waals surface area contributed by atoms with E-state index in [1.54, 1.807) is 12.1 Å². The van der Waals surface area contributed by atoms with Crippen LogP contribution in [0, 0.1) is 12.8 Å². The van der Waals surface area contributed by atoms with Crippen molar-refractivity contribution in [3.05, 3.63) is 47.2 Å². The fourth-order valence-electron chi connectivity index (χ4n) is 3.15. The highest BCUT2D eigenvalue weighted by Crippen LogP contribution is 2.34. The number of carbonyl (C=O) groups is 2. The summed E-state index contributed by atoms with van der Waals surface area (Å²) >= 11 is 1.34. The second-order valence-electron chi connectivity index (χ2n) is 8.73. The highest BCUT2D eigenvalue weighted by molar-refractivity contribution is 7.22. The van der Waals surface area contributed by atoms with Crippen molar-refractivity contribution < 1.29 is 9.59 Å². The smallest absolute Gasteiger partial charge is 0.257 e. The molecule has 0 saturated heterocycles. The molecule has 1 fully saturated rings. The van der Waals surface area contributed by atoms with E-state index in [2.05, 4.69) is 36.4 Å². The molecule has 152 valence electrons. The van der Waals surface area contributed by atoms with E-state index in [4.69, 9.17) is 0 Å². The van der Waals surface area contributed by atoms with Crippen LogP contribution >= 0.6 is 11.3 Å². The molecule has 6 nitrogen and oxygen atoms in total. The van der Waals surface area contributed by atoms with E-state index in [-0.39, 0.29) is 17.4 Å². The van der Waals surface area contributed by atoms with E-state index in [0.29, 0.717) is 22.2 Å². The molecular formula is C22H26N4O2S. The summed E-state index contributed by atoms with van der Waals surface area (Å²) in [4.78, 5) is 30.0. The Balaban J connectivity index is 1.64. The molecule has 2 N–H and O–H groups in total. The molecule has 0 aliphatic heterocycles. The van der Waals surface area contributed by atoms with Gasteiger partial charge in [0, 0.05) is 23.8 Å². The summed E-state index contributed by atoms with van der Waals surface area (Å²) < 4.78 is 2.80. The van der Waals surface area contributed by atoms with Gasteiger partial charge in [-0.05, 0) is 58.6 Å². The van der Waals surface area contributed by atoms with Crippen LogP contribution < -0.4 is 10.6 Å². The molecule has 2 heterocycles. The Kier molecular flexibility index (Phi) is 4.94. The summed E-state index contributed by atoms with van der Waals surface area (Å²) in [7, 11) is 0. The molecule has 0 spiro atoms. The molecule has 1 aliphatic carbocycles. The quantitative estimate of drug-likeness (QED) is 0.648. The van der Waals surface area contributed by atoms with Gasteiger partial charge in [0.05, 0.1) is 10.3 Å². The van der Waals surface area contributed by atoms with Crippen molar-refractivity contribution in [3.63, 3.8) is 0 Å². The highest BCUT2D eigenvalue weighted by Gasteiger charge is 2.27. The lowest BCUT2D eigenvalue weighted by Gasteiger charge is -2.21. The Morgan fingerprint density at radius 1 is 1.17 bits per heavy atom. The number of thiazole rings is 1. The summed E-state index contributed by atoms with van der Waals surface area (Å²) in [6.07, 6.45) is 4.25. The first-order valence-corrected chi connectivity index (χ1v) is 10.7. The molecule has 1 aliphatic rings. The molecular weight excluding hydrogens is 384 g/mol. The molecule has 0 radical (unpaired) electrons. The van der Waals surface area contributed by atoms with Crippen LogP contribution in [0.5, 0.6) is 0 Å². The molecule has 1 aromatic carbocycles. The zero-order valence-electron chi connectivity index (χ0n) is 17.2. The molecule has 0 unspecified atom stereocenters. The molecule has 4 rings (SSSR count). The van der Waals surface area contributed by atoms with Crippen LogP contribution in [0.1, 0.15) is 59.9 Å². The average Bonchev–Trinajstić information content (AvgIpc) is 3.29. The fraction of sp³-hybridized carbons (Fsp3) is 0.409. The number of nitrogens with zero attached hydrogens (tertiary/aromatic N) is 2. The highest BCUT2D eigenvalue weighted by atomic mass is 32.1. The number of carbonyl (C=O) groups excluding carboxylic acids is 2. The van der Waals surface area contributed by atoms with E-state index in [0.717, 1.165) is 22.5 Å². The maximum atomic E-state index is 12.8. The second kappa shape index (κ2) is 7.30. The second-order valence-corrected chi connectivity index (χ2v) is 9.73. The number of nitrogens with one attached hydrogen (secondary N) is 2. The van der Waals surface area contributed by atoms with Crippen molar-refractivity contribution in [1.29, 1.82) is 0 Å².